The number of halogens is 1. The summed E-state index contributed by atoms with van der Waals surface area (Å²) in [6.45, 7) is 1.84. The van der Waals surface area contributed by atoms with E-state index in [0.29, 0.717) is 39.0 Å². The van der Waals surface area contributed by atoms with Crippen LogP contribution in [0.2, 0.25) is 5.02 Å². The van der Waals surface area contributed by atoms with Crippen LogP contribution in [0, 0.1) is 6.92 Å². The number of amides is 3. The number of hydrogen-bond donors (Lipinski definition) is 3. The van der Waals surface area contributed by atoms with Crippen LogP contribution in [0.3, 0.4) is 0 Å². The molecular weight excluding hydrogens is 586 g/mol. The summed E-state index contributed by atoms with van der Waals surface area (Å²) in [7, 11) is 3.05. The summed E-state index contributed by atoms with van der Waals surface area (Å²) in [5, 5.41) is 9.02. The number of carbonyl (C=O) groups is 3. The monoisotopic (exact) mass is 615 g/mol. The second-order valence-electron chi connectivity index (χ2n) is 9.22. The molecule has 0 radical (unpaired) electrons. The van der Waals surface area contributed by atoms with Gasteiger partial charge in [-0.1, -0.05) is 48.0 Å². The van der Waals surface area contributed by atoms with E-state index in [1.54, 1.807) is 91.0 Å². The van der Waals surface area contributed by atoms with Gasteiger partial charge in [0.15, 0.2) is 11.5 Å². The second-order valence-corrected chi connectivity index (χ2v) is 10.7. The van der Waals surface area contributed by atoms with Gasteiger partial charge in [0.1, 0.15) is 5.70 Å². The van der Waals surface area contributed by atoms with Crippen molar-refractivity contribution in [3.05, 3.63) is 118 Å². The van der Waals surface area contributed by atoms with Crippen molar-refractivity contribution in [3.63, 3.8) is 0 Å². The highest BCUT2D eigenvalue weighted by Crippen LogP contribution is 2.29. The molecule has 4 rings (SSSR count). The first-order chi connectivity index (χ1) is 20.8. The number of benzene rings is 4. The minimum absolute atomic E-state index is 0.0235. The van der Waals surface area contributed by atoms with Crippen molar-refractivity contribution < 1.29 is 23.9 Å². The Balaban J connectivity index is 1.50. The van der Waals surface area contributed by atoms with Crippen LogP contribution in [0.15, 0.2) is 102 Å². The lowest BCUT2D eigenvalue weighted by atomic mass is 10.1. The van der Waals surface area contributed by atoms with Crippen LogP contribution in [0.25, 0.3) is 6.08 Å². The van der Waals surface area contributed by atoms with Crippen LogP contribution >= 0.6 is 23.4 Å². The fraction of sp³-hybridized carbons (Fsp3) is 0.121. The molecular formula is C33H30ClN3O5S. The molecule has 0 saturated heterocycles. The summed E-state index contributed by atoms with van der Waals surface area (Å²) in [4.78, 5) is 39.8. The molecule has 0 aromatic heterocycles. The fourth-order valence-electron chi connectivity index (χ4n) is 3.99. The van der Waals surface area contributed by atoms with Gasteiger partial charge in [-0.15, -0.1) is 11.8 Å². The Labute approximate surface area is 259 Å². The van der Waals surface area contributed by atoms with Crippen LogP contribution in [0.5, 0.6) is 11.5 Å². The summed E-state index contributed by atoms with van der Waals surface area (Å²) in [5.74, 6) is 0.00653. The Morgan fingerprint density at radius 2 is 1.58 bits per heavy atom. The molecule has 0 unspecified atom stereocenters. The summed E-state index contributed by atoms with van der Waals surface area (Å²) < 4.78 is 10.7. The summed E-state index contributed by atoms with van der Waals surface area (Å²) >= 11 is 7.47. The topological polar surface area (TPSA) is 106 Å². The molecule has 0 heterocycles. The van der Waals surface area contributed by atoms with Gasteiger partial charge in [-0.05, 0) is 78.7 Å². The highest BCUT2D eigenvalue weighted by atomic mass is 35.5. The van der Waals surface area contributed by atoms with Crippen molar-refractivity contribution in [1.82, 2.24) is 5.32 Å². The van der Waals surface area contributed by atoms with E-state index in [2.05, 4.69) is 16.0 Å². The predicted octanol–water partition coefficient (Wildman–Crippen LogP) is 6.81. The molecule has 43 heavy (non-hydrogen) atoms. The highest BCUT2D eigenvalue weighted by Gasteiger charge is 2.16. The Morgan fingerprint density at radius 3 is 2.33 bits per heavy atom. The van der Waals surface area contributed by atoms with E-state index < -0.39 is 11.8 Å². The van der Waals surface area contributed by atoms with Crippen molar-refractivity contribution in [2.75, 3.05) is 30.6 Å². The third kappa shape index (κ3) is 8.64. The number of carbonyl (C=O) groups excluding carboxylic acids is 3. The molecule has 220 valence electrons. The molecule has 0 aliphatic rings. The molecule has 3 N–H and O–H groups in total. The number of anilines is 2. The van der Waals surface area contributed by atoms with Crippen LogP contribution in [-0.4, -0.2) is 37.7 Å². The maximum Gasteiger partial charge on any atom is 0.272 e. The van der Waals surface area contributed by atoms with E-state index in [1.165, 1.54) is 26.0 Å². The van der Waals surface area contributed by atoms with Gasteiger partial charge in [0.2, 0.25) is 5.91 Å². The van der Waals surface area contributed by atoms with Crippen molar-refractivity contribution in [2.45, 2.75) is 11.8 Å². The summed E-state index contributed by atoms with van der Waals surface area (Å²) in [6, 6.07) is 26.2. The number of methoxy groups -OCH3 is 2. The molecule has 0 aliphatic heterocycles. The Kier molecular flexibility index (Phi) is 10.9. The number of ether oxygens (including phenoxy) is 2. The van der Waals surface area contributed by atoms with Crippen molar-refractivity contribution in [2.24, 2.45) is 0 Å². The van der Waals surface area contributed by atoms with E-state index in [0.717, 1.165) is 10.5 Å². The molecule has 3 amide bonds. The number of rotatable bonds is 11. The Morgan fingerprint density at radius 1 is 0.837 bits per heavy atom. The zero-order valence-corrected chi connectivity index (χ0v) is 25.3. The molecule has 0 bridgehead atoms. The van der Waals surface area contributed by atoms with Crippen molar-refractivity contribution in [3.8, 4) is 11.5 Å². The van der Waals surface area contributed by atoms with Crippen LogP contribution < -0.4 is 25.4 Å². The van der Waals surface area contributed by atoms with Crippen molar-refractivity contribution in [1.29, 1.82) is 0 Å². The molecule has 0 spiro atoms. The van der Waals surface area contributed by atoms with E-state index in [-0.39, 0.29) is 17.4 Å². The minimum Gasteiger partial charge on any atom is -0.493 e. The third-order valence-corrected chi connectivity index (χ3v) is 7.65. The molecule has 0 aliphatic carbocycles. The molecule has 0 atom stereocenters. The number of thioether (sulfide) groups is 1. The maximum absolute atomic E-state index is 13.5. The normalized spacial score (nSPS) is 10.9. The standard InChI is InChI=1S/C33H30ClN3O5S/c1-21-26(34)13-8-14-27(21)36-31(38)20-43-25-12-7-11-24(19-25)35-33(40)28(37-32(39)23-9-5-4-6-10-23)17-22-15-16-29(41-2)30(18-22)42-3/h4-19H,20H2,1-3H3,(H,35,40)(H,36,38)(H,37,39)/b28-17+. The van der Waals surface area contributed by atoms with Gasteiger partial charge < -0.3 is 25.4 Å². The molecule has 4 aromatic carbocycles. The number of hydrogen-bond acceptors (Lipinski definition) is 6. The van der Waals surface area contributed by atoms with Gasteiger partial charge in [0, 0.05) is 26.9 Å². The first-order valence-corrected chi connectivity index (χ1v) is 14.5. The van der Waals surface area contributed by atoms with E-state index in [9.17, 15) is 14.4 Å². The quantitative estimate of drug-likeness (QED) is 0.126. The van der Waals surface area contributed by atoms with Crippen LogP contribution in [-0.2, 0) is 9.59 Å². The zero-order valence-electron chi connectivity index (χ0n) is 23.8. The minimum atomic E-state index is -0.532. The van der Waals surface area contributed by atoms with Crippen LogP contribution in [0.4, 0.5) is 11.4 Å². The van der Waals surface area contributed by atoms with Crippen molar-refractivity contribution >= 4 is 58.5 Å². The predicted molar refractivity (Wildman–Crippen MR) is 172 cm³/mol. The average Bonchev–Trinajstić information content (AvgIpc) is 3.02. The van der Waals surface area contributed by atoms with E-state index >= 15 is 0 Å². The lowest BCUT2D eigenvalue weighted by Crippen LogP contribution is -2.30. The lowest BCUT2D eigenvalue weighted by Gasteiger charge is -2.13. The maximum atomic E-state index is 13.5. The average molecular weight is 616 g/mol. The molecule has 10 heteroatoms. The lowest BCUT2D eigenvalue weighted by molar-refractivity contribution is -0.114. The molecule has 0 saturated carbocycles. The number of nitrogens with one attached hydrogen (secondary N) is 3. The van der Waals surface area contributed by atoms with Crippen LogP contribution in [0.1, 0.15) is 21.5 Å². The van der Waals surface area contributed by atoms with Gasteiger partial charge in [0.25, 0.3) is 11.8 Å². The molecule has 0 fully saturated rings. The van der Waals surface area contributed by atoms with Gasteiger partial charge in [-0.25, -0.2) is 0 Å². The highest BCUT2D eigenvalue weighted by molar-refractivity contribution is 8.00. The Hall–Kier alpha value is -4.73. The third-order valence-electron chi connectivity index (χ3n) is 6.25. The second kappa shape index (κ2) is 14.9. The summed E-state index contributed by atoms with van der Waals surface area (Å²) in [5.41, 5.74) is 2.98. The SMILES string of the molecule is COc1ccc(/C=C(/NC(=O)c2ccccc2)C(=O)Nc2cccc(SCC(=O)Nc3cccc(Cl)c3C)c2)cc1OC. The summed E-state index contributed by atoms with van der Waals surface area (Å²) in [6.07, 6.45) is 1.55. The first kappa shape index (κ1) is 31.2. The van der Waals surface area contributed by atoms with Gasteiger partial charge in [-0.3, -0.25) is 14.4 Å². The van der Waals surface area contributed by atoms with Gasteiger partial charge >= 0.3 is 0 Å². The van der Waals surface area contributed by atoms with E-state index in [1.807, 2.05) is 13.0 Å². The largest absolute Gasteiger partial charge is 0.493 e. The first-order valence-electron chi connectivity index (χ1n) is 13.2. The molecule has 4 aromatic rings. The van der Waals surface area contributed by atoms with Gasteiger partial charge in [0.05, 0.1) is 20.0 Å². The van der Waals surface area contributed by atoms with Gasteiger partial charge in [-0.2, -0.15) is 0 Å². The smallest absolute Gasteiger partial charge is 0.272 e. The molecule has 8 nitrogen and oxygen atoms in total. The van der Waals surface area contributed by atoms with E-state index in [4.69, 9.17) is 21.1 Å². The Bertz CT molecular complexity index is 1660. The fourth-order valence-corrected chi connectivity index (χ4v) is 4.92. The zero-order chi connectivity index (χ0) is 30.8.